The molecule has 2 saturated heterocycles. The Hall–Kier alpha value is -0.130. The first kappa shape index (κ1) is 9.43. The average Bonchev–Trinajstić information content (AvgIpc) is 2.41. The minimum atomic E-state index is -2.74. The van der Waals surface area contributed by atoms with E-state index in [9.17, 15) is 8.42 Å². The van der Waals surface area contributed by atoms with E-state index in [0.717, 1.165) is 25.8 Å². The molecular formula is C8H16N2O2S. The van der Waals surface area contributed by atoms with Gasteiger partial charge in [-0.2, -0.15) is 0 Å². The van der Waals surface area contributed by atoms with Gasteiger partial charge in [0, 0.05) is 18.1 Å². The Balaban J connectivity index is 2.05. The molecule has 3 N–H and O–H groups in total. The fraction of sp³-hybridized carbons (Fsp3) is 1.00. The van der Waals surface area contributed by atoms with Crippen molar-refractivity contribution < 1.29 is 8.42 Å². The van der Waals surface area contributed by atoms with Gasteiger partial charge in [-0.3, -0.25) is 0 Å². The Morgan fingerprint density at radius 3 is 2.38 bits per heavy atom. The molecule has 2 aliphatic rings. The summed E-state index contributed by atoms with van der Waals surface area (Å²) in [6.07, 6.45) is 2.41. The predicted octanol–water partition coefficient (Wildman–Crippen LogP) is -0.746. The SMILES string of the molecule is NC1CNC2(CCS(=O)(=O)CC2)C1. The number of sulfone groups is 1. The maximum atomic E-state index is 11.2. The van der Waals surface area contributed by atoms with Gasteiger partial charge in [0.1, 0.15) is 9.84 Å². The lowest BCUT2D eigenvalue weighted by molar-refractivity contribution is 0.336. The van der Waals surface area contributed by atoms with Gasteiger partial charge in [0.05, 0.1) is 11.5 Å². The van der Waals surface area contributed by atoms with Crippen molar-refractivity contribution >= 4 is 9.84 Å². The number of nitrogens with two attached hydrogens (primary N) is 1. The summed E-state index contributed by atoms with van der Waals surface area (Å²) in [5, 5.41) is 3.37. The van der Waals surface area contributed by atoms with Gasteiger partial charge in [-0.05, 0) is 19.3 Å². The van der Waals surface area contributed by atoms with Crippen LogP contribution in [0.2, 0.25) is 0 Å². The quantitative estimate of drug-likeness (QED) is 0.545. The second-order valence-electron chi connectivity index (χ2n) is 4.28. The van der Waals surface area contributed by atoms with Gasteiger partial charge in [-0.25, -0.2) is 8.42 Å². The summed E-state index contributed by atoms with van der Waals surface area (Å²) in [5.41, 5.74) is 5.84. The molecule has 1 spiro atoms. The van der Waals surface area contributed by atoms with Crippen LogP contribution in [0.5, 0.6) is 0 Å². The summed E-state index contributed by atoms with van der Waals surface area (Å²) in [4.78, 5) is 0. The van der Waals surface area contributed by atoms with E-state index >= 15 is 0 Å². The van der Waals surface area contributed by atoms with Crippen LogP contribution in [0.15, 0.2) is 0 Å². The Kier molecular flexibility index (Phi) is 2.13. The molecule has 0 saturated carbocycles. The summed E-state index contributed by atoms with van der Waals surface area (Å²) in [6, 6.07) is 0.209. The third kappa shape index (κ3) is 1.87. The predicted molar refractivity (Wildman–Crippen MR) is 51.2 cm³/mol. The molecule has 0 aliphatic carbocycles. The van der Waals surface area contributed by atoms with Crippen molar-refractivity contribution in [3.63, 3.8) is 0 Å². The molecule has 2 aliphatic heterocycles. The molecule has 0 radical (unpaired) electrons. The van der Waals surface area contributed by atoms with Crippen LogP contribution in [0.25, 0.3) is 0 Å². The molecule has 13 heavy (non-hydrogen) atoms. The Labute approximate surface area is 78.8 Å². The number of hydrogen-bond donors (Lipinski definition) is 2. The smallest absolute Gasteiger partial charge is 0.150 e. The van der Waals surface area contributed by atoms with Crippen molar-refractivity contribution in [1.82, 2.24) is 5.32 Å². The van der Waals surface area contributed by atoms with E-state index in [0.29, 0.717) is 11.5 Å². The van der Waals surface area contributed by atoms with Crippen LogP contribution in [0.3, 0.4) is 0 Å². The second kappa shape index (κ2) is 2.93. The first-order valence-electron chi connectivity index (χ1n) is 4.72. The molecule has 1 unspecified atom stereocenters. The molecule has 0 bridgehead atoms. The van der Waals surface area contributed by atoms with E-state index < -0.39 is 9.84 Å². The van der Waals surface area contributed by atoms with Gasteiger partial charge in [0.15, 0.2) is 0 Å². The molecule has 0 aromatic carbocycles. The molecule has 2 heterocycles. The molecule has 0 aromatic rings. The van der Waals surface area contributed by atoms with E-state index in [2.05, 4.69) is 5.32 Å². The minimum Gasteiger partial charge on any atom is -0.326 e. The third-order valence-corrected chi connectivity index (χ3v) is 4.83. The van der Waals surface area contributed by atoms with Gasteiger partial charge in [-0.15, -0.1) is 0 Å². The van der Waals surface area contributed by atoms with Crippen molar-refractivity contribution in [3.8, 4) is 0 Å². The fourth-order valence-corrected chi connectivity index (χ4v) is 3.91. The lowest BCUT2D eigenvalue weighted by atomic mass is 9.90. The maximum Gasteiger partial charge on any atom is 0.150 e. The second-order valence-corrected chi connectivity index (χ2v) is 6.58. The molecule has 5 heteroatoms. The fourth-order valence-electron chi connectivity index (χ4n) is 2.30. The molecular weight excluding hydrogens is 188 g/mol. The van der Waals surface area contributed by atoms with Crippen LogP contribution in [0.1, 0.15) is 19.3 Å². The molecule has 0 aromatic heterocycles. The van der Waals surface area contributed by atoms with Gasteiger partial charge < -0.3 is 11.1 Å². The van der Waals surface area contributed by atoms with Crippen LogP contribution in [0, 0.1) is 0 Å². The molecule has 4 nitrogen and oxygen atoms in total. The number of nitrogens with one attached hydrogen (secondary N) is 1. The zero-order valence-electron chi connectivity index (χ0n) is 7.62. The minimum absolute atomic E-state index is 0.0464. The summed E-state index contributed by atoms with van der Waals surface area (Å²) >= 11 is 0. The van der Waals surface area contributed by atoms with E-state index in [1.807, 2.05) is 0 Å². The molecule has 0 amide bonds. The highest BCUT2D eigenvalue weighted by molar-refractivity contribution is 7.91. The van der Waals surface area contributed by atoms with Crippen LogP contribution in [-0.4, -0.2) is 38.0 Å². The van der Waals surface area contributed by atoms with Gasteiger partial charge >= 0.3 is 0 Å². The molecule has 2 fully saturated rings. The lowest BCUT2D eigenvalue weighted by Gasteiger charge is -2.33. The first-order valence-corrected chi connectivity index (χ1v) is 6.55. The van der Waals surface area contributed by atoms with E-state index in [1.54, 1.807) is 0 Å². The van der Waals surface area contributed by atoms with Crippen molar-refractivity contribution in [2.75, 3.05) is 18.1 Å². The first-order chi connectivity index (χ1) is 6.02. The third-order valence-electron chi connectivity index (χ3n) is 3.18. The van der Waals surface area contributed by atoms with E-state index in [4.69, 9.17) is 5.73 Å². The topological polar surface area (TPSA) is 72.2 Å². The molecule has 1 atom stereocenters. The van der Waals surface area contributed by atoms with Crippen LogP contribution < -0.4 is 11.1 Å². The monoisotopic (exact) mass is 204 g/mol. The largest absolute Gasteiger partial charge is 0.326 e. The highest BCUT2D eigenvalue weighted by atomic mass is 32.2. The van der Waals surface area contributed by atoms with Gasteiger partial charge in [-0.1, -0.05) is 0 Å². The van der Waals surface area contributed by atoms with Gasteiger partial charge in [0.25, 0.3) is 0 Å². The standard InChI is InChI=1S/C8H16N2O2S/c9-7-5-8(10-6-7)1-3-13(11,12)4-2-8/h7,10H,1-6,9H2. The maximum absolute atomic E-state index is 11.2. The van der Waals surface area contributed by atoms with E-state index in [1.165, 1.54) is 0 Å². The van der Waals surface area contributed by atoms with Crippen LogP contribution in [0.4, 0.5) is 0 Å². The highest BCUT2D eigenvalue weighted by Crippen LogP contribution is 2.31. The van der Waals surface area contributed by atoms with Crippen molar-refractivity contribution in [1.29, 1.82) is 0 Å². The summed E-state index contributed by atoms with van der Waals surface area (Å²) < 4.78 is 22.4. The number of rotatable bonds is 0. The zero-order chi connectivity index (χ0) is 9.53. The zero-order valence-corrected chi connectivity index (χ0v) is 8.44. The lowest BCUT2D eigenvalue weighted by Crippen LogP contribution is -2.46. The number of hydrogen-bond acceptors (Lipinski definition) is 4. The summed E-state index contributed by atoms with van der Waals surface area (Å²) in [7, 11) is -2.74. The van der Waals surface area contributed by atoms with Crippen molar-refractivity contribution in [2.45, 2.75) is 30.8 Å². The average molecular weight is 204 g/mol. The van der Waals surface area contributed by atoms with Crippen molar-refractivity contribution in [3.05, 3.63) is 0 Å². The normalized spacial score (nSPS) is 36.5. The summed E-state index contributed by atoms with van der Waals surface area (Å²) in [6.45, 7) is 0.833. The Morgan fingerprint density at radius 1 is 1.31 bits per heavy atom. The highest BCUT2D eigenvalue weighted by Gasteiger charge is 2.41. The van der Waals surface area contributed by atoms with Crippen molar-refractivity contribution in [2.24, 2.45) is 5.73 Å². The summed E-state index contributed by atoms with van der Waals surface area (Å²) in [5.74, 6) is 0.652. The van der Waals surface area contributed by atoms with Crippen LogP contribution in [-0.2, 0) is 9.84 Å². The Bertz CT molecular complexity index is 285. The Morgan fingerprint density at radius 2 is 1.92 bits per heavy atom. The van der Waals surface area contributed by atoms with Gasteiger partial charge in [0.2, 0.25) is 0 Å². The van der Waals surface area contributed by atoms with Crippen LogP contribution >= 0.6 is 0 Å². The van der Waals surface area contributed by atoms with E-state index in [-0.39, 0.29) is 11.6 Å². The molecule has 2 rings (SSSR count). The molecule has 76 valence electrons.